The van der Waals surface area contributed by atoms with E-state index >= 15 is 0 Å². The number of para-hydroxylation sites is 1. The predicted molar refractivity (Wildman–Crippen MR) is 96.6 cm³/mol. The lowest BCUT2D eigenvalue weighted by Gasteiger charge is -2.15. The van der Waals surface area contributed by atoms with Crippen LogP contribution in [0.4, 0.5) is 23.3 Å². The Labute approximate surface area is 140 Å². The molecule has 3 aromatic rings. The van der Waals surface area contributed by atoms with Gasteiger partial charge in [0.05, 0.1) is 0 Å². The molecule has 122 valence electrons. The molecule has 0 unspecified atom stereocenters. The molecule has 24 heavy (non-hydrogen) atoms. The van der Waals surface area contributed by atoms with E-state index in [2.05, 4.69) is 26.1 Å². The number of nitrogens with zero attached hydrogens (tertiary/aromatic N) is 2. The topological polar surface area (TPSA) is 114 Å². The third kappa shape index (κ3) is 3.60. The lowest BCUT2D eigenvalue weighted by Crippen LogP contribution is -2.18. The van der Waals surface area contributed by atoms with Crippen molar-refractivity contribution < 1.29 is 0 Å². The lowest BCUT2D eigenvalue weighted by atomic mass is 10.1. The van der Waals surface area contributed by atoms with Gasteiger partial charge in [0.15, 0.2) is 11.6 Å². The quantitative estimate of drug-likeness (QED) is 0.350. The fraction of sp³-hybridized carbons (Fsp3) is 0.0588. The summed E-state index contributed by atoms with van der Waals surface area (Å²) in [5, 5.41) is 3.13. The molecule has 7 N–H and O–H groups in total. The van der Waals surface area contributed by atoms with Gasteiger partial charge >= 0.3 is 0 Å². The number of hydrogen-bond donors (Lipinski definition) is 5. The molecule has 2 aromatic carbocycles. The maximum absolute atomic E-state index is 5.65. The Morgan fingerprint density at radius 2 is 1.29 bits per heavy atom. The van der Waals surface area contributed by atoms with Crippen molar-refractivity contribution in [2.75, 3.05) is 16.2 Å². The summed E-state index contributed by atoms with van der Waals surface area (Å²) in [4.78, 5) is 8.87. The summed E-state index contributed by atoms with van der Waals surface area (Å²) in [6, 6.07) is 19.6. The number of rotatable bonds is 6. The van der Waals surface area contributed by atoms with Crippen LogP contribution in [-0.4, -0.2) is 9.97 Å². The highest BCUT2D eigenvalue weighted by atomic mass is 15.3. The first-order chi connectivity index (χ1) is 11.8. The highest BCUT2D eigenvalue weighted by molar-refractivity contribution is 5.64. The van der Waals surface area contributed by atoms with E-state index in [1.165, 1.54) is 0 Å². The maximum Gasteiger partial charge on any atom is 0.231 e. The SMILES string of the molecule is NNc1nc(Nc2ccccc2)nc(NN)c1Cc1ccccc1. The van der Waals surface area contributed by atoms with E-state index in [1.54, 1.807) is 0 Å². The average Bonchev–Trinajstić information content (AvgIpc) is 2.64. The van der Waals surface area contributed by atoms with Crippen LogP contribution in [0, 0.1) is 0 Å². The second kappa shape index (κ2) is 7.40. The smallest absolute Gasteiger partial charge is 0.231 e. The van der Waals surface area contributed by atoms with Gasteiger partial charge in [0, 0.05) is 17.7 Å². The molecule has 0 radical (unpaired) electrons. The number of nitrogens with one attached hydrogen (secondary N) is 3. The second-order valence-corrected chi connectivity index (χ2v) is 5.17. The first-order valence-electron chi connectivity index (χ1n) is 7.50. The second-order valence-electron chi connectivity index (χ2n) is 5.17. The van der Waals surface area contributed by atoms with Crippen molar-refractivity contribution in [3.8, 4) is 0 Å². The molecule has 0 saturated carbocycles. The van der Waals surface area contributed by atoms with Crippen LogP contribution in [0.1, 0.15) is 11.1 Å². The molecule has 0 spiro atoms. The van der Waals surface area contributed by atoms with Crippen LogP contribution in [-0.2, 0) is 6.42 Å². The van der Waals surface area contributed by atoms with E-state index in [0.717, 1.165) is 16.8 Å². The van der Waals surface area contributed by atoms with Crippen LogP contribution >= 0.6 is 0 Å². The fourth-order valence-corrected chi connectivity index (χ4v) is 2.40. The van der Waals surface area contributed by atoms with Crippen molar-refractivity contribution in [3.05, 3.63) is 71.8 Å². The van der Waals surface area contributed by atoms with Crippen molar-refractivity contribution in [2.24, 2.45) is 11.7 Å². The molecule has 1 aromatic heterocycles. The van der Waals surface area contributed by atoms with Gasteiger partial charge < -0.3 is 16.2 Å². The minimum absolute atomic E-state index is 0.402. The zero-order valence-corrected chi connectivity index (χ0v) is 13.0. The molecular weight excluding hydrogens is 302 g/mol. The maximum atomic E-state index is 5.65. The minimum atomic E-state index is 0.402. The minimum Gasteiger partial charge on any atom is -0.324 e. The van der Waals surface area contributed by atoms with E-state index in [4.69, 9.17) is 11.7 Å². The number of hydrogen-bond acceptors (Lipinski definition) is 7. The normalized spacial score (nSPS) is 10.2. The Morgan fingerprint density at radius 3 is 1.83 bits per heavy atom. The van der Waals surface area contributed by atoms with E-state index in [0.29, 0.717) is 24.0 Å². The molecule has 1 heterocycles. The van der Waals surface area contributed by atoms with Gasteiger partial charge in [-0.15, -0.1) is 0 Å². The highest BCUT2D eigenvalue weighted by Crippen LogP contribution is 2.26. The number of nitrogens with two attached hydrogens (primary N) is 2. The van der Waals surface area contributed by atoms with Crippen molar-refractivity contribution in [2.45, 2.75) is 6.42 Å². The molecule has 0 fully saturated rings. The molecule has 0 bridgehead atoms. The van der Waals surface area contributed by atoms with Gasteiger partial charge in [-0.2, -0.15) is 9.97 Å². The van der Waals surface area contributed by atoms with Crippen molar-refractivity contribution >= 4 is 23.3 Å². The van der Waals surface area contributed by atoms with Crippen molar-refractivity contribution in [3.63, 3.8) is 0 Å². The molecule has 0 aliphatic heterocycles. The van der Waals surface area contributed by atoms with Crippen LogP contribution in [0.2, 0.25) is 0 Å². The predicted octanol–water partition coefficient (Wildman–Crippen LogP) is 2.38. The average molecular weight is 321 g/mol. The van der Waals surface area contributed by atoms with Gasteiger partial charge in [0.2, 0.25) is 5.95 Å². The first kappa shape index (κ1) is 15.7. The van der Waals surface area contributed by atoms with Gasteiger partial charge in [0.25, 0.3) is 0 Å². The third-order valence-corrected chi connectivity index (χ3v) is 3.53. The summed E-state index contributed by atoms with van der Waals surface area (Å²) < 4.78 is 0. The number of aromatic nitrogens is 2. The lowest BCUT2D eigenvalue weighted by molar-refractivity contribution is 1.05. The van der Waals surface area contributed by atoms with E-state index in [9.17, 15) is 0 Å². The van der Waals surface area contributed by atoms with E-state index in [-0.39, 0.29) is 0 Å². The third-order valence-electron chi connectivity index (χ3n) is 3.53. The molecule has 0 saturated heterocycles. The van der Waals surface area contributed by atoms with Crippen molar-refractivity contribution in [1.82, 2.24) is 9.97 Å². The first-order valence-corrected chi connectivity index (χ1v) is 7.50. The van der Waals surface area contributed by atoms with Crippen LogP contribution < -0.4 is 27.9 Å². The Balaban J connectivity index is 1.94. The monoisotopic (exact) mass is 321 g/mol. The van der Waals surface area contributed by atoms with Gasteiger partial charge in [0.1, 0.15) is 0 Å². The highest BCUT2D eigenvalue weighted by Gasteiger charge is 2.14. The van der Waals surface area contributed by atoms with Crippen molar-refractivity contribution in [1.29, 1.82) is 0 Å². The zero-order valence-electron chi connectivity index (χ0n) is 13.0. The van der Waals surface area contributed by atoms with Gasteiger partial charge in [-0.1, -0.05) is 48.5 Å². The van der Waals surface area contributed by atoms with E-state index in [1.807, 2.05) is 60.7 Å². The Morgan fingerprint density at radius 1 is 0.750 bits per heavy atom. The molecule has 0 aliphatic carbocycles. The fourth-order valence-electron chi connectivity index (χ4n) is 2.40. The molecule has 0 aliphatic rings. The van der Waals surface area contributed by atoms with Crippen LogP contribution in [0.3, 0.4) is 0 Å². The zero-order chi connectivity index (χ0) is 16.8. The molecular formula is C17H19N7. The Bertz CT molecular complexity index is 766. The summed E-state index contributed by atoms with van der Waals surface area (Å²) in [5.41, 5.74) is 8.04. The number of anilines is 4. The summed E-state index contributed by atoms with van der Waals surface area (Å²) in [6.07, 6.45) is 0.603. The van der Waals surface area contributed by atoms with Gasteiger partial charge in [-0.25, -0.2) is 11.7 Å². The molecule has 3 rings (SSSR count). The van der Waals surface area contributed by atoms with Gasteiger partial charge in [-0.05, 0) is 17.7 Å². The Hall–Kier alpha value is -3.16. The molecule has 0 amide bonds. The van der Waals surface area contributed by atoms with E-state index < -0.39 is 0 Å². The summed E-state index contributed by atoms with van der Waals surface area (Å²) in [6.45, 7) is 0. The molecule has 7 nitrogen and oxygen atoms in total. The number of benzene rings is 2. The van der Waals surface area contributed by atoms with Crippen LogP contribution in [0.5, 0.6) is 0 Å². The number of hydrazine groups is 2. The summed E-state index contributed by atoms with van der Waals surface area (Å²) in [5.74, 6) is 12.7. The van der Waals surface area contributed by atoms with Crippen LogP contribution in [0.25, 0.3) is 0 Å². The molecule has 7 heteroatoms. The molecule has 0 atom stereocenters. The summed E-state index contributed by atoms with van der Waals surface area (Å²) in [7, 11) is 0. The Kier molecular flexibility index (Phi) is 4.85. The van der Waals surface area contributed by atoms with Gasteiger partial charge in [-0.3, -0.25) is 0 Å². The summed E-state index contributed by atoms with van der Waals surface area (Å²) >= 11 is 0. The standard InChI is InChI=1S/C17H19N7/c18-23-15-14(11-12-7-3-1-4-8-12)16(24-19)22-17(21-15)20-13-9-5-2-6-10-13/h1-10H,11,18-19H2,(H3,20,21,22,23,24). The largest absolute Gasteiger partial charge is 0.324 e. The number of nitrogen functional groups attached to an aromatic ring is 2. The van der Waals surface area contributed by atoms with Crippen LogP contribution in [0.15, 0.2) is 60.7 Å².